The van der Waals surface area contributed by atoms with Crippen LogP contribution in [0.4, 0.5) is 5.82 Å². The Morgan fingerprint density at radius 1 is 1.29 bits per heavy atom. The summed E-state index contributed by atoms with van der Waals surface area (Å²) in [5.41, 5.74) is 7.58. The van der Waals surface area contributed by atoms with Gasteiger partial charge in [-0.15, -0.1) is 0 Å². The maximum Gasteiger partial charge on any atom is 0.328 e. The largest absolute Gasteiger partial charge is 0.481 e. The number of hydrogen-bond donors (Lipinski definition) is 3. The van der Waals surface area contributed by atoms with Crippen LogP contribution in [0.5, 0.6) is 6.01 Å². The van der Waals surface area contributed by atoms with Crippen LogP contribution in [-0.2, 0) is 22.5 Å². The summed E-state index contributed by atoms with van der Waals surface area (Å²) in [7, 11) is 0. The molecule has 0 aliphatic carbocycles. The van der Waals surface area contributed by atoms with Crippen LogP contribution in [0.2, 0.25) is 0 Å². The molecular formula is C18H21N5O5. The van der Waals surface area contributed by atoms with E-state index in [9.17, 15) is 9.59 Å². The molecule has 0 radical (unpaired) electrons. The number of H-pyrrole nitrogens is 1. The Balaban J connectivity index is 1.90. The predicted octanol–water partition coefficient (Wildman–Crippen LogP) is 0.793. The normalized spacial score (nSPS) is 11.0. The number of nitrogens with one attached hydrogen (secondary N) is 1. The van der Waals surface area contributed by atoms with E-state index in [4.69, 9.17) is 20.3 Å². The molecule has 28 heavy (non-hydrogen) atoms. The van der Waals surface area contributed by atoms with Crippen LogP contribution >= 0.6 is 0 Å². The molecule has 0 bridgehead atoms. The van der Waals surface area contributed by atoms with Gasteiger partial charge < -0.3 is 25.3 Å². The van der Waals surface area contributed by atoms with E-state index in [-0.39, 0.29) is 31.4 Å². The first-order chi connectivity index (χ1) is 13.5. The predicted molar refractivity (Wildman–Crippen MR) is 101 cm³/mol. The number of anilines is 1. The lowest BCUT2D eigenvalue weighted by Crippen LogP contribution is -2.18. The molecule has 2 heterocycles. The maximum atomic E-state index is 12.4. The summed E-state index contributed by atoms with van der Waals surface area (Å²) in [4.78, 5) is 34.3. The fourth-order valence-corrected chi connectivity index (χ4v) is 2.77. The van der Waals surface area contributed by atoms with Crippen LogP contribution in [0.15, 0.2) is 29.1 Å². The van der Waals surface area contributed by atoms with Gasteiger partial charge in [-0.1, -0.05) is 24.3 Å². The number of imidazole rings is 1. The molecule has 4 N–H and O–H groups in total. The van der Waals surface area contributed by atoms with Crippen LogP contribution in [0, 0.1) is 0 Å². The molecule has 10 nitrogen and oxygen atoms in total. The van der Waals surface area contributed by atoms with Crippen molar-refractivity contribution in [2.45, 2.75) is 19.9 Å². The molecular weight excluding hydrogens is 366 g/mol. The number of carboxylic acids is 1. The van der Waals surface area contributed by atoms with Crippen molar-refractivity contribution < 1.29 is 19.4 Å². The second-order valence-electron chi connectivity index (χ2n) is 6.04. The molecule has 0 aliphatic rings. The van der Waals surface area contributed by atoms with Gasteiger partial charge in [0.05, 0.1) is 19.6 Å². The second kappa shape index (κ2) is 8.53. The summed E-state index contributed by atoms with van der Waals surface area (Å²) < 4.78 is 12.1. The fraction of sp³-hybridized carbons (Fsp3) is 0.333. The Bertz CT molecular complexity index is 1040. The SMILES string of the molecule is CCOCCOc1nc(N)c2[nH]c(=O)n(Cc3cccc(CC(=O)O)c3)c2n1. The molecule has 148 valence electrons. The van der Waals surface area contributed by atoms with Crippen LogP contribution in [0.25, 0.3) is 11.2 Å². The van der Waals surface area contributed by atoms with E-state index >= 15 is 0 Å². The van der Waals surface area contributed by atoms with Crippen molar-refractivity contribution in [3.63, 3.8) is 0 Å². The summed E-state index contributed by atoms with van der Waals surface area (Å²) in [5.74, 6) is -0.817. The molecule has 0 unspecified atom stereocenters. The number of ether oxygens (including phenoxy) is 2. The van der Waals surface area contributed by atoms with Gasteiger partial charge in [0, 0.05) is 6.61 Å². The highest BCUT2D eigenvalue weighted by Crippen LogP contribution is 2.19. The van der Waals surface area contributed by atoms with Gasteiger partial charge >= 0.3 is 17.7 Å². The zero-order chi connectivity index (χ0) is 20.1. The highest BCUT2D eigenvalue weighted by atomic mass is 16.5. The van der Waals surface area contributed by atoms with Crippen molar-refractivity contribution in [2.24, 2.45) is 0 Å². The number of hydrogen-bond acceptors (Lipinski definition) is 7. The summed E-state index contributed by atoms with van der Waals surface area (Å²) in [6, 6.07) is 7.07. The first-order valence-electron chi connectivity index (χ1n) is 8.74. The first-order valence-corrected chi connectivity index (χ1v) is 8.74. The highest BCUT2D eigenvalue weighted by molar-refractivity contribution is 5.82. The quantitative estimate of drug-likeness (QED) is 0.457. The molecule has 0 fully saturated rings. The summed E-state index contributed by atoms with van der Waals surface area (Å²) in [6.07, 6.45) is -0.0937. The highest BCUT2D eigenvalue weighted by Gasteiger charge is 2.15. The molecule has 3 aromatic rings. The molecule has 0 saturated heterocycles. The Morgan fingerprint density at radius 2 is 2.07 bits per heavy atom. The van der Waals surface area contributed by atoms with Crippen molar-refractivity contribution in [2.75, 3.05) is 25.6 Å². The van der Waals surface area contributed by atoms with E-state index in [0.717, 1.165) is 5.56 Å². The lowest BCUT2D eigenvalue weighted by molar-refractivity contribution is -0.136. The van der Waals surface area contributed by atoms with E-state index in [1.54, 1.807) is 24.3 Å². The number of aliphatic carboxylic acids is 1. The van der Waals surface area contributed by atoms with Gasteiger partial charge in [-0.25, -0.2) is 4.79 Å². The number of nitrogen functional groups attached to an aromatic ring is 1. The van der Waals surface area contributed by atoms with E-state index in [1.165, 1.54) is 4.57 Å². The second-order valence-corrected chi connectivity index (χ2v) is 6.04. The zero-order valence-electron chi connectivity index (χ0n) is 15.3. The molecule has 0 spiro atoms. The monoisotopic (exact) mass is 387 g/mol. The van der Waals surface area contributed by atoms with Gasteiger partial charge in [0.1, 0.15) is 12.1 Å². The average Bonchev–Trinajstić information content (AvgIpc) is 2.95. The van der Waals surface area contributed by atoms with Gasteiger partial charge in [-0.2, -0.15) is 9.97 Å². The molecule has 1 aromatic carbocycles. The Kier molecular flexibility index (Phi) is 5.90. The number of aromatic nitrogens is 4. The third-order valence-electron chi connectivity index (χ3n) is 3.98. The minimum absolute atomic E-state index is 0.0529. The Labute approximate surface area is 159 Å². The smallest absolute Gasteiger partial charge is 0.328 e. The van der Waals surface area contributed by atoms with Crippen LogP contribution in [0.3, 0.4) is 0 Å². The minimum Gasteiger partial charge on any atom is -0.481 e. The van der Waals surface area contributed by atoms with E-state index in [2.05, 4.69) is 15.0 Å². The number of aromatic amines is 1. The maximum absolute atomic E-state index is 12.4. The zero-order valence-corrected chi connectivity index (χ0v) is 15.3. The third kappa shape index (κ3) is 4.46. The molecule has 0 saturated carbocycles. The van der Waals surface area contributed by atoms with Gasteiger partial charge in [0.15, 0.2) is 11.5 Å². The van der Waals surface area contributed by atoms with Crippen molar-refractivity contribution in [3.8, 4) is 6.01 Å². The van der Waals surface area contributed by atoms with E-state index in [1.807, 2.05) is 6.92 Å². The van der Waals surface area contributed by atoms with Crippen molar-refractivity contribution >= 4 is 23.0 Å². The first kappa shape index (κ1) is 19.4. The van der Waals surface area contributed by atoms with Gasteiger partial charge in [0.2, 0.25) is 0 Å². The van der Waals surface area contributed by atoms with Gasteiger partial charge in [-0.3, -0.25) is 9.36 Å². The summed E-state index contributed by atoms with van der Waals surface area (Å²) >= 11 is 0. The summed E-state index contributed by atoms with van der Waals surface area (Å²) in [6.45, 7) is 3.29. The average molecular weight is 387 g/mol. The number of carbonyl (C=O) groups is 1. The Hall–Kier alpha value is -3.40. The number of fused-ring (bicyclic) bond motifs is 1. The van der Waals surface area contributed by atoms with Crippen LogP contribution in [0.1, 0.15) is 18.1 Å². The number of benzene rings is 1. The van der Waals surface area contributed by atoms with E-state index < -0.39 is 11.7 Å². The molecule has 3 rings (SSSR count). The summed E-state index contributed by atoms with van der Waals surface area (Å²) in [5, 5.41) is 8.95. The molecule has 0 aliphatic heterocycles. The fourth-order valence-electron chi connectivity index (χ4n) is 2.77. The number of carboxylic acid groups (broad SMARTS) is 1. The molecule has 0 atom stereocenters. The lowest BCUT2D eigenvalue weighted by Gasteiger charge is -2.08. The standard InChI is InChI=1S/C18H21N5O5/c1-2-27-6-7-28-17-21-15(19)14-16(22-17)23(18(26)20-14)10-12-5-3-4-11(8-12)9-13(24)25/h3-5,8H,2,6-7,9-10H2,1H3,(H,20,26)(H,24,25)(H2,19,21,22). The van der Waals surface area contributed by atoms with Crippen molar-refractivity contribution in [3.05, 3.63) is 45.9 Å². The number of nitrogens with zero attached hydrogens (tertiary/aromatic N) is 3. The van der Waals surface area contributed by atoms with Gasteiger partial charge in [-0.05, 0) is 18.1 Å². The lowest BCUT2D eigenvalue weighted by atomic mass is 10.1. The minimum atomic E-state index is -0.921. The van der Waals surface area contributed by atoms with Crippen LogP contribution in [-0.4, -0.2) is 50.4 Å². The van der Waals surface area contributed by atoms with E-state index in [0.29, 0.717) is 29.9 Å². The molecule has 2 aromatic heterocycles. The third-order valence-corrected chi connectivity index (χ3v) is 3.98. The number of rotatable bonds is 9. The van der Waals surface area contributed by atoms with Crippen molar-refractivity contribution in [1.82, 2.24) is 19.5 Å². The van der Waals surface area contributed by atoms with Gasteiger partial charge in [0.25, 0.3) is 0 Å². The molecule has 0 amide bonds. The topological polar surface area (TPSA) is 145 Å². The van der Waals surface area contributed by atoms with Crippen LogP contribution < -0.4 is 16.2 Å². The van der Waals surface area contributed by atoms with Crippen molar-refractivity contribution in [1.29, 1.82) is 0 Å². The number of nitrogens with two attached hydrogens (primary N) is 1. The molecule has 10 heteroatoms. The Morgan fingerprint density at radius 3 is 2.82 bits per heavy atom.